The first-order chi connectivity index (χ1) is 9.36. The van der Waals surface area contributed by atoms with Gasteiger partial charge in [0.25, 0.3) is 5.69 Å². The molecule has 0 radical (unpaired) electrons. The molecule has 110 valence electrons. The summed E-state index contributed by atoms with van der Waals surface area (Å²) in [7, 11) is 0. The number of hydrogen-bond donors (Lipinski definition) is 1. The highest BCUT2D eigenvalue weighted by Crippen LogP contribution is 2.30. The van der Waals surface area contributed by atoms with Gasteiger partial charge in [-0.1, -0.05) is 20.3 Å². The van der Waals surface area contributed by atoms with Crippen molar-refractivity contribution in [1.82, 2.24) is 0 Å². The van der Waals surface area contributed by atoms with Crippen LogP contribution in [0.4, 0.5) is 5.69 Å². The van der Waals surface area contributed by atoms with E-state index in [1.54, 1.807) is 6.92 Å². The molecule has 1 aromatic rings. The van der Waals surface area contributed by atoms with Crippen LogP contribution in [0.3, 0.4) is 0 Å². The summed E-state index contributed by atoms with van der Waals surface area (Å²) < 4.78 is 5.56. The monoisotopic (exact) mass is 281 g/mol. The number of rotatable bonds is 7. The fourth-order valence-corrected chi connectivity index (χ4v) is 1.94. The van der Waals surface area contributed by atoms with E-state index in [1.165, 1.54) is 6.07 Å². The van der Waals surface area contributed by atoms with Crippen molar-refractivity contribution in [2.24, 2.45) is 5.92 Å². The molecule has 0 bridgehead atoms. The molecular weight excluding hydrogens is 262 g/mol. The van der Waals surface area contributed by atoms with Crippen LogP contribution in [-0.4, -0.2) is 22.6 Å². The Bertz CT molecular complexity index is 513. The maximum atomic E-state index is 11.0. The summed E-state index contributed by atoms with van der Waals surface area (Å²) in [6.07, 6.45) is 2.01. The zero-order chi connectivity index (χ0) is 15.3. The lowest BCUT2D eigenvalue weighted by Gasteiger charge is -2.14. The second-order valence-corrected chi connectivity index (χ2v) is 4.89. The van der Waals surface area contributed by atoms with Gasteiger partial charge >= 0.3 is 5.97 Å². The molecule has 1 unspecified atom stereocenters. The van der Waals surface area contributed by atoms with Crippen molar-refractivity contribution in [3.05, 3.63) is 33.4 Å². The molecule has 1 aromatic carbocycles. The van der Waals surface area contributed by atoms with E-state index in [9.17, 15) is 14.9 Å². The van der Waals surface area contributed by atoms with E-state index < -0.39 is 10.9 Å². The number of nitro benzene ring substituents is 1. The predicted octanol–water partition coefficient (Wildman–Crippen LogP) is 3.42. The van der Waals surface area contributed by atoms with Crippen LogP contribution in [0.25, 0.3) is 0 Å². The zero-order valence-electron chi connectivity index (χ0n) is 11.9. The number of carboxylic acids is 1. The highest BCUT2D eigenvalue weighted by Gasteiger charge is 2.20. The normalized spacial score (nSPS) is 11.9. The molecule has 0 amide bonds. The molecule has 0 fully saturated rings. The van der Waals surface area contributed by atoms with Gasteiger partial charge in [0.2, 0.25) is 0 Å². The molecule has 0 heterocycles. The molecule has 0 aliphatic rings. The second kappa shape index (κ2) is 6.88. The summed E-state index contributed by atoms with van der Waals surface area (Å²) in [6.45, 7) is 6.06. The van der Waals surface area contributed by atoms with Crippen LogP contribution in [-0.2, 0) is 0 Å². The Morgan fingerprint density at radius 2 is 2.15 bits per heavy atom. The van der Waals surface area contributed by atoms with E-state index in [0.717, 1.165) is 18.9 Å². The Morgan fingerprint density at radius 3 is 2.65 bits per heavy atom. The van der Waals surface area contributed by atoms with Gasteiger partial charge in [0, 0.05) is 6.07 Å². The van der Waals surface area contributed by atoms with Gasteiger partial charge in [-0.05, 0) is 25.3 Å². The Morgan fingerprint density at radius 1 is 1.50 bits per heavy atom. The third kappa shape index (κ3) is 3.94. The second-order valence-electron chi connectivity index (χ2n) is 4.89. The number of carbonyl (C=O) groups is 1. The van der Waals surface area contributed by atoms with Gasteiger partial charge in [-0.3, -0.25) is 10.1 Å². The molecule has 6 heteroatoms. The zero-order valence-corrected chi connectivity index (χ0v) is 11.9. The summed E-state index contributed by atoms with van der Waals surface area (Å²) in [5.74, 6) is -0.633. The first-order valence-electron chi connectivity index (χ1n) is 6.51. The Labute approximate surface area is 117 Å². The maximum Gasteiger partial charge on any atom is 0.336 e. The molecule has 1 atom stereocenters. The Hall–Kier alpha value is -2.11. The van der Waals surface area contributed by atoms with Crippen molar-refractivity contribution in [3.63, 3.8) is 0 Å². The van der Waals surface area contributed by atoms with Crippen LogP contribution in [0.1, 0.15) is 42.6 Å². The van der Waals surface area contributed by atoms with Crippen molar-refractivity contribution in [3.8, 4) is 5.75 Å². The minimum Gasteiger partial charge on any atom is -0.493 e. The van der Waals surface area contributed by atoms with Gasteiger partial charge in [0.1, 0.15) is 5.75 Å². The Kier molecular flexibility index (Phi) is 5.49. The number of nitrogens with zero attached hydrogens (tertiary/aromatic N) is 1. The minimum atomic E-state index is -1.21. The van der Waals surface area contributed by atoms with E-state index in [2.05, 4.69) is 6.92 Å². The lowest BCUT2D eigenvalue weighted by Crippen LogP contribution is -2.10. The van der Waals surface area contributed by atoms with Crippen LogP contribution in [0.5, 0.6) is 5.75 Å². The first kappa shape index (κ1) is 15.9. The highest BCUT2D eigenvalue weighted by atomic mass is 16.6. The van der Waals surface area contributed by atoms with Crippen LogP contribution in [0.2, 0.25) is 0 Å². The number of hydrogen-bond acceptors (Lipinski definition) is 4. The van der Waals surface area contributed by atoms with E-state index >= 15 is 0 Å². The van der Waals surface area contributed by atoms with Crippen molar-refractivity contribution in [2.75, 3.05) is 6.61 Å². The number of aromatic carboxylic acids is 1. The molecule has 1 N–H and O–H groups in total. The molecule has 0 aliphatic heterocycles. The smallest absolute Gasteiger partial charge is 0.336 e. The van der Waals surface area contributed by atoms with Crippen molar-refractivity contribution >= 4 is 11.7 Å². The standard InChI is InChI=1S/C14H19NO5/c1-4-5-9(2)8-20-13-7-11(14(16)17)6-12(10(13)3)15(18)19/h6-7,9H,4-5,8H2,1-3H3,(H,16,17). The van der Waals surface area contributed by atoms with E-state index in [4.69, 9.17) is 9.84 Å². The lowest BCUT2D eigenvalue weighted by molar-refractivity contribution is -0.385. The van der Waals surface area contributed by atoms with Crippen LogP contribution < -0.4 is 4.74 Å². The number of benzene rings is 1. The average molecular weight is 281 g/mol. The van der Waals surface area contributed by atoms with Gasteiger partial charge in [-0.15, -0.1) is 0 Å². The van der Waals surface area contributed by atoms with Gasteiger partial charge in [0.15, 0.2) is 0 Å². The molecule has 0 aliphatic carbocycles. The van der Waals surface area contributed by atoms with Gasteiger partial charge in [0.05, 0.1) is 22.7 Å². The maximum absolute atomic E-state index is 11.0. The molecule has 6 nitrogen and oxygen atoms in total. The lowest BCUT2D eigenvalue weighted by atomic mass is 10.1. The molecular formula is C14H19NO5. The summed E-state index contributed by atoms with van der Waals surface area (Å²) in [4.78, 5) is 21.4. The fraction of sp³-hybridized carbons (Fsp3) is 0.500. The topological polar surface area (TPSA) is 89.7 Å². The third-order valence-electron chi connectivity index (χ3n) is 3.08. The van der Waals surface area contributed by atoms with Crippen LogP contribution in [0, 0.1) is 23.0 Å². The average Bonchev–Trinajstić information content (AvgIpc) is 2.37. The number of ether oxygens (including phenoxy) is 1. The van der Waals surface area contributed by atoms with Crippen molar-refractivity contribution in [2.45, 2.75) is 33.6 Å². The summed E-state index contributed by atoms with van der Waals surface area (Å²) >= 11 is 0. The largest absolute Gasteiger partial charge is 0.493 e. The van der Waals surface area contributed by atoms with Crippen LogP contribution in [0.15, 0.2) is 12.1 Å². The quantitative estimate of drug-likeness (QED) is 0.611. The highest BCUT2D eigenvalue weighted by molar-refractivity contribution is 5.89. The predicted molar refractivity (Wildman–Crippen MR) is 74.4 cm³/mol. The summed E-state index contributed by atoms with van der Waals surface area (Å²) in [6, 6.07) is 2.39. The molecule has 0 aromatic heterocycles. The summed E-state index contributed by atoms with van der Waals surface area (Å²) in [5, 5.41) is 19.9. The molecule has 20 heavy (non-hydrogen) atoms. The third-order valence-corrected chi connectivity index (χ3v) is 3.08. The Balaban J connectivity index is 3.05. The first-order valence-corrected chi connectivity index (χ1v) is 6.51. The van der Waals surface area contributed by atoms with E-state index in [0.29, 0.717) is 18.1 Å². The van der Waals surface area contributed by atoms with Crippen molar-refractivity contribution < 1.29 is 19.6 Å². The fourth-order valence-electron chi connectivity index (χ4n) is 1.94. The van der Waals surface area contributed by atoms with Gasteiger partial charge in [-0.2, -0.15) is 0 Å². The molecule has 1 rings (SSSR count). The van der Waals surface area contributed by atoms with E-state index in [1.807, 2.05) is 6.92 Å². The SMILES string of the molecule is CCCC(C)COc1cc(C(=O)O)cc([N+](=O)[O-])c1C. The minimum absolute atomic E-state index is 0.138. The number of nitro groups is 1. The van der Waals surface area contributed by atoms with Crippen molar-refractivity contribution in [1.29, 1.82) is 0 Å². The van der Waals surface area contributed by atoms with E-state index in [-0.39, 0.29) is 17.0 Å². The van der Waals surface area contributed by atoms with Gasteiger partial charge in [-0.25, -0.2) is 4.79 Å². The molecule has 0 spiro atoms. The number of carboxylic acid groups (broad SMARTS) is 1. The molecule has 0 saturated heterocycles. The van der Waals surface area contributed by atoms with Gasteiger partial charge < -0.3 is 9.84 Å². The molecule has 0 saturated carbocycles. The van der Waals surface area contributed by atoms with Crippen LogP contribution >= 0.6 is 0 Å². The summed E-state index contributed by atoms with van der Waals surface area (Å²) in [5.41, 5.74) is -0.0211.